The number of carbonyl (C=O) groups is 2. The van der Waals surface area contributed by atoms with Crippen LogP contribution in [0.3, 0.4) is 0 Å². The zero-order valence-electron chi connectivity index (χ0n) is 9.66. The van der Waals surface area contributed by atoms with Crippen molar-refractivity contribution in [2.45, 2.75) is 17.4 Å². The molecule has 1 atom stereocenters. The summed E-state index contributed by atoms with van der Waals surface area (Å²) in [6.07, 6.45) is -0.138. The van der Waals surface area contributed by atoms with Crippen molar-refractivity contribution in [3.05, 3.63) is 30.3 Å². The average Bonchev–Trinajstić information content (AvgIpc) is 2.58. The van der Waals surface area contributed by atoms with Crippen LogP contribution in [0.5, 0.6) is 0 Å². The van der Waals surface area contributed by atoms with Crippen molar-refractivity contribution in [1.29, 1.82) is 0 Å². The van der Waals surface area contributed by atoms with Gasteiger partial charge in [0.2, 0.25) is 21.8 Å². The molecule has 1 N–H and O–H groups in total. The zero-order valence-corrected chi connectivity index (χ0v) is 10.5. The first kappa shape index (κ1) is 12.7. The number of nitrogens with zero attached hydrogens (tertiary/aromatic N) is 1. The molecule has 2 amide bonds. The summed E-state index contributed by atoms with van der Waals surface area (Å²) in [5.41, 5.74) is 0. The number of amides is 2. The van der Waals surface area contributed by atoms with Gasteiger partial charge < -0.3 is 0 Å². The Kier molecular flexibility index (Phi) is 3.18. The average molecular weight is 268 g/mol. The van der Waals surface area contributed by atoms with Gasteiger partial charge in [0, 0.05) is 7.05 Å². The van der Waals surface area contributed by atoms with Crippen LogP contribution in [0.15, 0.2) is 35.2 Å². The van der Waals surface area contributed by atoms with Crippen LogP contribution >= 0.6 is 0 Å². The maximum absolute atomic E-state index is 12.0. The highest BCUT2D eigenvalue weighted by atomic mass is 32.2. The zero-order chi connectivity index (χ0) is 13.3. The lowest BCUT2D eigenvalue weighted by molar-refractivity contribution is -0.137. The Balaban J connectivity index is 2.20. The van der Waals surface area contributed by atoms with Gasteiger partial charge in [0.25, 0.3) is 0 Å². The number of nitrogens with one attached hydrogen (secondary N) is 1. The van der Waals surface area contributed by atoms with Gasteiger partial charge in [-0.15, -0.1) is 0 Å². The summed E-state index contributed by atoms with van der Waals surface area (Å²) in [4.78, 5) is 23.9. The SMILES string of the molecule is CN1C(=O)CC(NS(=O)(=O)c2ccccc2)C1=O. The molecule has 0 aliphatic carbocycles. The predicted molar refractivity (Wildman–Crippen MR) is 62.9 cm³/mol. The number of hydrogen-bond donors (Lipinski definition) is 1. The van der Waals surface area contributed by atoms with Crippen molar-refractivity contribution in [2.75, 3.05) is 7.05 Å². The summed E-state index contributed by atoms with van der Waals surface area (Å²) >= 11 is 0. The molecule has 6 nitrogen and oxygen atoms in total. The molecular formula is C11H12N2O4S. The van der Waals surface area contributed by atoms with Gasteiger partial charge in [0.15, 0.2) is 0 Å². The molecule has 96 valence electrons. The van der Waals surface area contributed by atoms with Crippen LogP contribution < -0.4 is 4.72 Å². The maximum atomic E-state index is 12.0. The first-order valence-corrected chi connectivity index (χ1v) is 6.78. The minimum Gasteiger partial charge on any atom is -0.284 e. The van der Waals surface area contributed by atoms with Gasteiger partial charge in [-0.05, 0) is 12.1 Å². The fourth-order valence-corrected chi connectivity index (χ4v) is 2.91. The number of hydrogen-bond acceptors (Lipinski definition) is 4. The number of imide groups is 1. The quantitative estimate of drug-likeness (QED) is 0.764. The molecule has 1 heterocycles. The second-order valence-electron chi connectivity index (χ2n) is 3.98. The van der Waals surface area contributed by atoms with E-state index in [1.807, 2.05) is 0 Å². The Morgan fingerprint density at radius 3 is 2.33 bits per heavy atom. The summed E-state index contributed by atoms with van der Waals surface area (Å²) in [6, 6.07) is 6.70. The third-order valence-electron chi connectivity index (χ3n) is 2.73. The van der Waals surface area contributed by atoms with Gasteiger partial charge >= 0.3 is 0 Å². The lowest BCUT2D eigenvalue weighted by Crippen LogP contribution is -2.40. The van der Waals surface area contributed by atoms with E-state index in [0.29, 0.717) is 0 Å². The summed E-state index contributed by atoms with van der Waals surface area (Å²) in [6.45, 7) is 0. The van der Waals surface area contributed by atoms with Gasteiger partial charge in [-0.3, -0.25) is 14.5 Å². The molecule has 0 radical (unpaired) electrons. The van der Waals surface area contributed by atoms with Crippen LogP contribution in [0.2, 0.25) is 0 Å². The van der Waals surface area contributed by atoms with Crippen molar-refractivity contribution < 1.29 is 18.0 Å². The number of likely N-dealkylation sites (N-methyl/N-ethyl adjacent to an activating group) is 1. The molecule has 1 aromatic rings. The maximum Gasteiger partial charge on any atom is 0.247 e. The van der Waals surface area contributed by atoms with E-state index in [1.165, 1.54) is 19.2 Å². The molecule has 18 heavy (non-hydrogen) atoms. The van der Waals surface area contributed by atoms with E-state index < -0.39 is 22.0 Å². The number of likely N-dealkylation sites (tertiary alicyclic amines) is 1. The van der Waals surface area contributed by atoms with E-state index in [2.05, 4.69) is 4.72 Å². The highest BCUT2D eigenvalue weighted by molar-refractivity contribution is 7.89. The molecule has 1 aliphatic rings. The van der Waals surface area contributed by atoms with E-state index in [4.69, 9.17) is 0 Å². The lowest BCUT2D eigenvalue weighted by Gasteiger charge is -2.11. The molecule has 1 fully saturated rings. The van der Waals surface area contributed by atoms with Crippen molar-refractivity contribution in [3.63, 3.8) is 0 Å². The van der Waals surface area contributed by atoms with E-state index in [9.17, 15) is 18.0 Å². The molecule has 1 aromatic carbocycles. The van der Waals surface area contributed by atoms with Gasteiger partial charge in [0.05, 0.1) is 11.3 Å². The molecule has 1 aliphatic heterocycles. The fraction of sp³-hybridized carbons (Fsp3) is 0.273. The number of carbonyl (C=O) groups excluding carboxylic acids is 2. The Morgan fingerprint density at radius 2 is 1.83 bits per heavy atom. The number of benzene rings is 1. The van der Waals surface area contributed by atoms with E-state index in [1.54, 1.807) is 18.2 Å². The molecular weight excluding hydrogens is 256 g/mol. The summed E-state index contributed by atoms with van der Waals surface area (Å²) < 4.78 is 26.2. The third-order valence-corrected chi connectivity index (χ3v) is 4.22. The Morgan fingerprint density at radius 1 is 1.22 bits per heavy atom. The van der Waals surface area contributed by atoms with Gasteiger partial charge in [-0.25, -0.2) is 8.42 Å². The van der Waals surface area contributed by atoms with E-state index in [-0.39, 0.29) is 17.2 Å². The molecule has 0 bridgehead atoms. The minimum atomic E-state index is -3.77. The lowest BCUT2D eigenvalue weighted by atomic mass is 10.3. The molecule has 0 saturated carbocycles. The molecule has 7 heteroatoms. The van der Waals surface area contributed by atoms with Crippen LogP contribution in [0, 0.1) is 0 Å². The van der Waals surface area contributed by atoms with Gasteiger partial charge in [0.1, 0.15) is 6.04 Å². The second kappa shape index (κ2) is 4.51. The van der Waals surface area contributed by atoms with Crippen molar-refractivity contribution in [1.82, 2.24) is 9.62 Å². The van der Waals surface area contributed by atoms with E-state index in [0.717, 1.165) is 4.90 Å². The predicted octanol–water partition coefficient (Wildman–Crippen LogP) is -0.278. The largest absolute Gasteiger partial charge is 0.284 e. The van der Waals surface area contributed by atoms with Crippen molar-refractivity contribution >= 4 is 21.8 Å². The van der Waals surface area contributed by atoms with Crippen LogP contribution in [-0.2, 0) is 19.6 Å². The summed E-state index contributed by atoms with van der Waals surface area (Å²) in [7, 11) is -2.44. The molecule has 0 spiro atoms. The first-order chi connectivity index (χ1) is 8.42. The standard InChI is InChI=1S/C11H12N2O4S/c1-13-10(14)7-9(11(13)15)12-18(16,17)8-5-3-2-4-6-8/h2-6,9,12H,7H2,1H3. The number of sulfonamides is 1. The van der Waals surface area contributed by atoms with Gasteiger partial charge in [-0.2, -0.15) is 4.72 Å². The fourth-order valence-electron chi connectivity index (χ4n) is 1.70. The highest BCUT2D eigenvalue weighted by Gasteiger charge is 2.38. The summed E-state index contributed by atoms with van der Waals surface area (Å²) in [5, 5.41) is 0. The van der Waals surface area contributed by atoms with Crippen LogP contribution in [0.25, 0.3) is 0 Å². The van der Waals surface area contributed by atoms with Crippen LogP contribution in [0.4, 0.5) is 0 Å². The highest BCUT2D eigenvalue weighted by Crippen LogP contribution is 2.15. The topological polar surface area (TPSA) is 83.6 Å². The molecule has 1 saturated heterocycles. The second-order valence-corrected chi connectivity index (χ2v) is 5.70. The van der Waals surface area contributed by atoms with Crippen LogP contribution in [-0.4, -0.2) is 38.2 Å². The van der Waals surface area contributed by atoms with Crippen molar-refractivity contribution in [3.8, 4) is 0 Å². The number of rotatable bonds is 3. The van der Waals surface area contributed by atoms with Gasteiger partial charge in [-0.1, -0.05) is 18.2 Å². The van der Waals surface area contributed by atoms with Crippen molar-refractivity contribution in [2.24, 2.45) is 0 Å². The third kappa shape index (κ3) is 2.27. The normalized spacial score (nSPS) is 20.5. The molecule has 2 rings (SSSR count). The monoisotopic (exact) mass is 268 g/mol. The first-order valence-electron chi connectivity index (χ1n) is 5.29. The van der Waals surface area contributed by atoms with Crippen LogP contribution in [0.1, 0.15) is 6.42 Å². The smallest absolute Gasteiger partial charge is 0.247 e. The minimum absolute atomic E-state index is 0.0693. The Hall–Kier alpha value is -1.73. The van der Waals surface area contributed by atoms with E-state index >= 15 is 0 Å². The molecule has 0 aromatic heterocycles. The summed E-state index contributed by atoms with van der Waals surface area (Å²) in [5.74, 6) is -0.916. The Labute approximate surface area is 105 Å². The Bertz CT molecular complexity index is 582. The molecule has 1 unspecified atom stereocenters.